The summed E-state index contributed by atoms with van der Waals surface area (Å²) in [6, 6.07) is 6.12. The van der Waals surface area contributed by atoms with Crippen LogP contribution in [0.2, 0.25) is 0 Å². The number of hydrogen-bond donors (Lipinski definition) is 1. The van der Waals surface area contributed by atoms with Gasteiger partial charge in [0.05, 0.1) is 28.7 Å². The van der Waals surface area contributed by atoms with Gasteiger partial charge in [-0.1, -0.05) is 15.9 Å². The summed E-state index contributed by atoms with van der Waals surface area (Å²) in [6.07, 6.45) is -2.57. The molecular weight excluding hydrogens is 432 g/mol. The second-order valence-electron chi connectivity index (χ2n) is 5.54. The van der Waals surface area contributed by atoms with E-state index in [1.807, 2.05) is 0 Å². The molecule has 0 radical (unpaired) electrons. The highest BCUT2D eigenvalue weighted by Gasteiger charge is 2.30. The van der Waals surface area contributed by atoms with Crippen LogP contribution in [-0.4, -0.2) is 20.7 Å². The van der Waals surface area contributed by atoms with Gasteiger partial charge in [0.1, 0.15) is 5.82 Å². The van der Waals surface area contributed by atoms with Crippen LogP contribution < -0.4 is 5.32 Å². The van der Waals surface area contributed by atoms with Crippen LogP contribution in [0.25, 0.3) is 5.82 Å². The van der Waals surface area contributed by atoms with E-state index in [1.54, 1.807) is 6.92 Å². The zero-order chi connectivity index (χ0) is 19.8. The van der Waals surface area contributed by atoms with E-state index in [2.05, 4.69) is 31.3 Å². The minimum atomic E-state index is -4.50. The van der Waals surface area contributed by atoms with Crippen molar-refractivity contribution in [2.24, 2.45) is 0 Å². The fourth-order valence-electron chi connectivity index (χ4n) is 2.33. The number of hydrogen-bond acceptors (Lipinski definition) is 3. The Morgan fingerprint density at radius 2 is 1.93 bits per heavy atom. The second kappa shape index (κ2) is 7.10. The van der Waals surface area contributed by atoms with Crippen LogP contribution in [0.15, 0.2) is 47.2 Å². The Balaban J connectivity index is 1.86. The van der Waals surface area contributed by atoms with Crippen LogP contribution in [0.1, 0.15) is 21.6 Å². The third kappa shape index (κ3) is 4.00. The van der Waals surface area contributed by atoms with Crippen molar-refractivity contribution in [2.75, 3.05) is 5.32 Å². The van der Waals surface area contributed by atoms with Crippen LogP contribution in [0.4, 0.5) is 23.2 Å². The smallest absolute Gasteiger partial charge is 0.319 e. The van der Waals surface area contributed by atoms with Crippen LogP contribution >= 0.6 is 15.9 Å². The molecule has 0 spiro atoms. The number of alkyl halides is 3. The number of nitrogens with one attached hydrogen (secondary N) is 1. The molecule has 27 heavy (non-hydrogen) atoms. The maximum atomic E-state index is 13.8. The average Bonchev–Trinajstić information content (AvgIpc) is 2.99. The van der Waals surface area contributed by atoms with E-state index in [4.69, 9.17) is 0 Å². The summed E-state index contributed by atoms with van der Waals surface area (Å²) in [7, 11) is 0. The van der Waals surface area contributed by atoms with Crippen LogP contribution in [0.5, 0.6) is 0 Å². The maximum absolute atomic E-state index is 13.8. The summed E-state index contributed by atoms with van der Waals surface area (Å²) in [6.45, 7) is 1.55. The largest absolute Gasteiger partial charge is 0.417 e. The lowest BCUT2D eigenvalue weighted by Crippen LogP contribution is -2.14. The average molecular weight is 443 g/mol. The van der Waals surface area contributed by atoms with Gasteiger partial charge < -0.3 is 5.32 Å². The number of aromatic nitrogens is 3. The predicted octanol–water partition coefficient (Wildman–Crippen LogP) is 4.75. The van der Waals surface area contributed by atoms with Crippen molar-refractivity contribution in [1.82, 2.24) is 14.8 Å². The fraction of sp³-hybridized carbons (Fsp3) is 0.118. The molecule has 1 aromatic carbocycles. The number of carbonyl (C=O) groups is 1. The van der Waals surface area contributed by atoms with Crippen molar-refractivity contribution in [3.05, 3.63) is 69.8 Å². The number of pyridine rings is 1. The molecule has 0 saturated carbocycles. The Hall–Kier alpha value is -2.75. The van der Waals surface area contributed by atoms with Gasteiger partial charge in [0, 0.05) is 10.7 Å². The Labute approximate surface area is 159 Å². The zero-order valence-corrected chi connectivity index (χ0v) is 15.3. The third-order valence-electron chi connectivity index (χ3n) is 3.72. The monoisotopic (exact) mass is 442 g/mol. The summed E-state index contributed by atoms with van der Waals surface area (Å²) in [5.41, 5.74) is -0.431. The van der Waals surface area contributed by atoms with Gasteiger partial charge in [0.25, 0.3) is 5.91 Å². The van der Waals surface area contributed by atoms with E-state index in [1.165, 1.54) is 29.1 Å². The molecule has 3 aromatic rings. The third-order valence-corrected chi connectivity index (χ3v) is 4.22. The van der Waals surface area contributed by atoms with E-state index < -0.39 is 23.5 Å². The first-order chi connectivity index (χ1) is 12.7. The minimum absolute atomic E-state index is 0.0193. The Morgan fingerprint density at radius 1 is 1.19 bits per heavy atom. The summed E-state index contributed by atoms with van der Waals surface area (Å²) in [4.78, 5) is 16.2. The van der Waals surface area contributed by atoms with E-state index in [9.17, 15) is 22.4 Å². The maximum Gasteiger partial charge on any atom is 0.417 e. The SMILES string of the molecule is Cc1c(C(=O)Nc2cc(Br)ccc2F)cnn1-c1ccc(C(F)(F)F)cn1. The molecule has 2 heterocycles. The first-order valence-corrected chi connectivity index (χ1v) is 8.31. The topological polar surface area (TPSA) is 59.8 Å². The Bertz CT molecular complexity index is 999. The lowest BCUT2D eigenvalue weighted by atomic mass is 10.2. The highest BCUT2D eigenvalue weighted by molar-refractivity contribution is 9.10. The van der Waals surface area contributed by atoms with Gasteiger partial charge in [0.2, 0.25) is 0 Å². The zero-order valence-electron chi connectivity index (χ0n) is 13.7. The number of halogens is 5. The first-order valence-electron chi connectivity index (χ1n) is 7.51. The molecule has 3 rings (SSSR count). The van der Waals surface area contributed by atoms with Crippen LogP contribution in [0.3, 0.4) is 0 Å². The first kappa shape index (κ1) is 19.0. The van der Waals surface area contributed by atoms with Gasteiger partial charge >= 0.3 is 6.18 Å². The predicted molar refractivity (Wildman–Crippen MR) is 93.2 cm³/mol. The molecule has 140 valence electrons. The molecule has 10 heteroatoms. The van der Waals surface area contributed by atoms with Crippen molar-refractivity contribution in [3.63, 3.8) is 0 Å². The summed E-state index contributed by atoms with van der Waals surface area (Å²) in [5.74, 6) is -1.10. The quantitative estimate of drug-likeness (QED) is 0.595. The van der Waals surface area contributed by atoms with Gasteiger partial charge in [-0.15, -0.1) is 0 Å². The van der Waals surface area contributed by atoms with Gasteiger partial charge in [-0.3, -0.25) is 4.79 Å². The summed E-state index contributed by atoms with van der Waals surface area (Å²) < 4.78 is 53.5. The molecule has 1 N–H and O–H groups in total. The molecule has 0 bridgehead atoms. The molecule has 0 unspecified atom stereocenters. The van der Waals surface area contributed by atoms with Crippen LogP contribution in [0, 0.1) is 12.7 Å². The van der Waals surface area contributed by atoms with E-state index in [0.717, 1.165) is 12.1 Å². The number of rotatable bonds is 3. The number of benzene rings is 1. The molecule has 1 amide bonds. The normalized spacial score (nSPS) is 11.5. The number of anilines is 1. The second-order valence-corrected chi connectivity index (χ2v) is 6.45. The Kier molecular flexibility index (Phi) is 5.01. The van der Waals surface area contributed by atoms with Gasteiger partial charge in [-0.2, -0.15) is 18.3 Å². The van der Waals surface area contributed by atoms with Crippen molar-refractivity contribution in [1.29, 1.82) is 0 Å². The van der Waals surface area contributed by atoms with Crippen molar-refractivity contribution in [3.8, 4) is 5.82 Å². The number of carbonyl (C=O) groups excluding carboxylic acids is 1. The molecule has 0 fully saturated rings. The van der Waals surface area contributed by atoms with Crippen LogP contribution in [-0.2, 0) is 6.18 Å². The van der Waals surface area contributed by atoms with Crippen molar-refractivity contribution >= 4 is 27.5 Å². The molecule has 0 aliphatic carbocycles. The van der Waals surface area contributed by atoms with E-state index >= 15 is 0 Å². The number of amides is 1. The molecule has 0 atom stereocenters. The van der Waals surface area contributed by atoms with Gasteiger partial charge in [-0.05, 0) is 37.3 Å². The summed E-state index contributed by atoms with van der Waals surface area (Å²) in [5, 5.41) is 6.43. The molecule has 0 saturated heterocycles. The lowest BCUT2D eigenvalue weighted by Gasteiger charge is -2.09. The summed E-state index contributed by atoms with van der Waals surface area (Å²) >= 11 is 3.19. The lowest BCUT2D eigenvalue weighted by molar-refractivity contribution is -0.137. The van der Waals surface area contributed by atoms with Crippen molar-refractivity contribution < 1.29 is 22.4 Å². The molecule has 0 aliphatic heterocycles. The van der Waals surface area contributed by atoms with Gasteiger partial charge in [0.15, 0.2) is 5.82 Å². The molecule has 2 aromatic heterocycles. The van der Waals surface area contributed by atoms with Crippen molar-refractivity contribution in [2.45, 2.75) is 13.1 Å². The Morgan fingerprint density at radius 3 is 2.56 bits per heavy atom. The highest BCUT2D eigenvalue weighted by Crippen LogP contribution is 2.29. The highest BCUT2D eigenvalue weighted by atomic mass is 79.9. The van der Waals surface area contributed by atoms with Gasteiger partial charge in [-0.25, -0.2) is 14.1 Å². The molecular formula is C17H11BrF4N4O. The van der Waals surface area contributed by atoms with E-state index in [0.29, 0.717) is 16.4 Å². The standard InChI is InChI=1S/C17H11BrF4N4O/c1-9-12(16(27)25-14-6-11(18)3-4-13(14)19)8-24-26(9)15-5-2-10(7-23-15)17(20,21)22/h2-8H,1H3,(H,25,27). The fourth-order valence-corrected chi connectivity index (χ4v) is 2.69. The van der Waals surface area contributed by atoms with E-state index in [-0.39, 0.29) is 17.1 Å². The number of nitrogens with zero attached hydrogens (tertiary/aromatic N) is 3. The molecule has 0 aliphatic rings. The minimum Gasteiger partial charge on any atom is -0.319 e. The molecule has 5 nitrogen and oxygen atoms in total.